The average Bonchev–Trinajstić information content (AvgIpc) is 3.00. The Morgan fingerprint density at radius 3 is 2.73 bits per heavy atom. The molecule has 9 nitrogen and oxygen atoms in total. The lowest BCUT2D eigenvalue weighted by Gasteiger charge is -2.31. The summed E-state index contributed by atoms with van der Waals surface area (Å²) in [6.07, 6.45) is 0.764. The third-order valence-corrected chi connectivity index (χ3v) is 4.49. The van der Waals surface area contributed by atoms with Crippen molar-refractivity contribution < 1.29 is 28.6 Å². The Morgan fingerprint density at radius 1 is 1.19 bits per heavy atom. The number of carbonyl (C=O) groups is 2. The summed E-state index contributed by atoms with van der Waals surface area (Å²) in [7, 11) is 0. The molecule has 2 aliphatic heterocycles. The van der Waals surface area contributed by atoms with E-state index in [9.17, 15) is 9.59 Å². The molecule has 2 saturated heterocycles. The van der Waals surface area contributed by atoms with Gasteiger partial charge in [-0.1, -0.05) is 0 Å². The molecule has 2 aliphatic rings. The van der Waals surface area contributed by atoms with Crippen molar-refractivity contribution in [1.29, 1.82) is 0 Å². The molecule has 1 aromatic rings. The molecule has 1 atom stereocenters. The third-order valence-electron chi connectivity index (χ3n) is 4.49. The molecule has 9 heteroatoms. The average molecular weight is 367 g/mol. The van der Waals surface area contributed by atoms with Gasteiger partial charge >= 0.3 is 12.0 Å². The molecular weight excluding hydrogens is 342 g/mol. The van der Waals surface area contributed by atoms with E-state index in [1.807, 2.05) is 0 Å². The summed E-state index contributed by atoms with van der Waals surface area (Å²) in [4.78, 5) is 27.3. The Kier molecular flexibility index (Phi) is 6.48. The Balaban J connectivity index is 1.49. The van der Waals surface area contributed by atoms with E-state index in [0.717, 1.165) is 39.3 Å². The Bertz CT molecular complexity index is 613. The van der Waals surface area contributed by atoms with Gasteiger partial charge in [0.25, 0.3) is 0 Å². The van der Waals surface area contributed by atoms with Crippen LogP contribution >= 0.6 is 0 Å². The quantitative estimate of drug-likeness (QED) is 0.786. The predicted octanol–water partition coefficient (Wildman–Crippen LogP) is 0.611. The van der Waals surface area contributed by atoms with E-state index in [1.165, 1.54) is 6.07 Å². The summed E-state index contributed by atoms with van der Waals surface area (Å²) < 4.78 is 16.4. The molecule has 1 aromatic heterocycles. The largest absolute Gasteiger partial charge is 0.475 e. The number of nitrogens with one attached hydrogen (secondary N) is 1. The highest BCUT2D eigenvalue weighted by atomic mass is 16.5. The predicted molar refractivity (Wildman–Crippen MR) is 91.1 cm³/mol. The van der Waals surface area contributed by atoms with E-state index in [2.05, 4.69) is 10.2 Å². The Labute approximate surface area is 151 Å². The molecule has 2 fully saturated rings. The van der Waals surface area contributed by atoms with E-state index in [-0.39, 0.29) is 24.4 Å². The second-order valence-electron chi connectivity index (χ2n) is 6.44. The van der Waals surface area contributed by atoms with Crippen molar-refractivity contribution in [1.82, 2.24) is 15.1 Å². The van der Waals surface area contributed by atoms with E-state index in [1.54, 1.807) is 11.0 Å². The molecule has 2 amide bonds. The minimum absolute atomic E-state index is 0.0245. The number of rotatable bonds is 5. The lowest BCUT2D eigenvalue weighted by atomic mass is 10.3. The molecule has 0 aliphatic carbocycles. The van der Waals surface area contributed by atoms with Gasteiger partial charge in [-0.15, -0.1) is 0 Å². The molecule has 2 N–H and O–H groups in total. The third kappa shape index (κ3) is 5.20. The number of nitrogens with zero attached hydrogens (tertiary/aromatic N) is 2. The fourth-order valence-electron chi connectivity index (χ4n) is 3.12. The van der Waals surface area contributed by atoms with Crippen molar-refractivity contribution in [2.45, 2.75) is 19.1 Å². The first-order valence-corrected chi connectivity index (χ1v) is 8.88. The van der Waals surface area contributed by atoms with Gasteiger partial charge in [0.05, 0.1) is 25.9 Å². The Morgan fingerprint density at radius 2 is 2.00 bits per heavy atom. The lowest BCUT2D eigenvalue weighted by molar-refractivity contribution is -0.0101. The number of ether oxygens (including phenoxy) is 2. The SMILES string of the molecule is O=C(O)c1ccc(CNC(=O)N2CCCOC(CN3CCOCC3)C2)o1. The van der Waals surface area contributed by atoms with Gasteiger partial charge in [-0.3, -0.25) is 4.90 Å². The van der Waals surface area contributed by atoms with E-state index < -0.39 is 5.97 Å². The van der Waals surface area contributed by atoms with Crippen molar-refractivity contribution in [3.63, 3.8) is 0 Å². The first kappa shape index (κ1) is 18.7. The zero-order chi connectivity index (χ0) is 18.4. The van der Waals surface area contributed by atoms with Crippen LogP contribution in [0.25, 0.3) is 0 Å². The summed E-state index contributed by atoms with van der Waals surface area (Å²) in [5.74, 6) is -0.854. The Hall–Kier alpha value is -2.10. The smallest absolute Gasteiger partial charge is 0.371 e. The standard InChI is InChI=1S/C17H25N3O6/c21-16(22)15-3-2-13(26-15)10-18-17(23)20-4-1-7-25-14(12-20)11-19-5-8-24-9-6-19/h2-3,14H,1,4-12H2,(H,18,23)(H,21,22). The van der Waals surface area contributed by atoms with Crippen LogP contribution in [0.3, 0.4) is 0 Å². The van der Waals surface area contributed by atoms with E-state index in [0.29, 0.717) is 25.5 Å². The minimum Gasteiger partial charge on any atom is -0.475 e. The van der Waals surface area contributed by atoms with Crippen LogP contribution in [0, 0.1) is 0 Å². The summed E-state index contributed by atoms with van der Waals surface area (Å²) >= 11 is 0. The molecule has 0 bridgehead atoms. The fraction of sp³-hybridized carbons (Fsp3) is 0.647. The van der Waals surface area contributed by atoms with Crippen molar-refractivity contribution >= 4 is 12.0 Å². The summed E-state index contributed by atoms with van der Waals surface area (Å²) in [5.41, 5.74) is 0. The molecule has 0 saturated carbocycles. The zero-order valence-electron chi connectivity index (χ0n) is 14.7. The molecular formula is C17H25N3O6. The van der Waals surface area contributed by atoms with Crippen LogP contribution in [0.1, 0.15) is 22.7 Å². The monoisotopic (exact) mass is 367 g/mol. The molecule has 0 spiro atoms. The van der Waals surface area contributed by atoms with Gasteiger partial charge in [0, 0.05) is 39.3 Å². The van der Waals surface area contributed by atoms with Gasteiger partial charge in [0.15, 0.2) is 0 Å². The maximum atomic E-state index is 12.5. The van der Waals surface area contributed by atoms with Gasteiger partial charge < -0.3 is 29.2 Å². The van der Waals surface area contributed by atoms with Gasteiger partial charge in [-0.2, -0.15) is 0 Å². The first-order valence-electron chi connectivity index (χ1n) is 8.88. The van der Waals surface area contributed by atoms with E-state index >= 15 is 0 Å². The number of carboxylic acid groups (broad SMARTS) is 1. The zero-order valence-corrected chi connectivity index (χ0v) is 14.7. The molecule has 3 heterocycles. The van der Waals surface area contributed by atoms with Gasteiger partial charge in [0.2, 0.25) is 5.76 Å². The topological polar surface area (TPSA) is 104 Å². The highest BCUT2D eigenvalue weighted by Gasteiger charge is 2.25. The maximum Gasteiger partial charge on any atom is 0.371 e. The van der Waals surface area contributed by atoms with Gasteiger partial charge in [0.1, 0.15) is 5.76 Å². The second-order valence-corrected chi connectivity index (χ2v) is 6.44. The van der Waals surface area contributed by atoms with Crippen molar-refractivity contribution in [2.75, 3.05) is 52.5 Å². The molecule has 0 radical (unpaired) electrons. The normalized spacial score (nSPS) is 22.0. The van der Waals surface area contributed by atoms with Crippen LogP contribution in [0.5, 0.6) is 0 Å². The molecule has 1 unspecified atom stereocenters. The molecule has 3 rings (SSSR count). The van der Waals surface area contributed by atoms with Crippen molar-refractivity contribution in [3.05, 3.63) is 23.7 Å². The van der Waals surface area contributed by atoms with Crippen LogP contribution in [0.15, 0.2) is 16.5 Å². The number of morpholine rings is 1. The number of carboxylic acids is 1. The molecule has 144 valence electrons. The van der Waals surface area contributed by atoms with Crippen LogP contribution < -0.4 is 5.32 Å². The highest BCUT2D eigenvalue weighted by Crippen LogP contribution is 2.11. The number of furan rings is 1. The number of urea groups is 1. The fourth-order valence-corrected chi connectivity index (χ4v) is 3.12. The number of amides is 2. The van der Waals surface area contributed by atoms with Crippen molar-refractivity contribution in [2.24, 2.45) is 0 Å². The molecule has 26 heavy (non-hydrogen) atoms. The summed E-state index contributed by atoms with van der Waals surface area (Å²) in [5, 5.41) is 11.6. The van der Waals surface area contributed by atoms with Crippen molar-refractivity contribution in [3.8, 4) is 0 Å². The lowest BCUT2D eigenvalue weighted by Crippen LogP contribution is -2.47. The molecule has 0 aromatic carbocycles. The second kappa shape index (κ2) is 9.02. The number of hydrogen-bond acceptors (Lipinski definition) is 6. The van der Waals surface area contributed by atoms with Crippen LogP contribution in [0.2, 0.25) is 0 Å². The minimum atomic E-state index is -1.13. The van der Waals surface area contributed by atoms with Gasteiger partial charge in [-0.25, -0.2) is 9.59 Å². The summed E-state index contributed by atoms with van der Waals surface area (Å²) in [6, 6.07) is 2.73. The van der Waals surface area contributed by atoms with Crippen LogP contribution in [0.4, 0.5) is 4.79 Å². The number of hydrogen-bond donors (Lipinski definition) is 2. The van der Waals surface area contributed by atoms with Crippen LogP contribution in [-0.2, 0) is 16.0 Å². The van der Waals surface area contributed by atoms with Gasteiger partial charge in [-0.05, 0) is 18.6 Å². The number of carbonyl (C=O) groups excluding carboxylic acids is 1. The van der Waals surface area contributed by atoms with Crippen LogP contribution in [-0.4, -0.2) is 85.6 Å². The van der Waals surface area contributed by atoms with E-state index in [4.69, 9.17) is 19.0 Å². The maximum absolute atomic E-state index is 12.5. The highest BCUT2D eigenvalue weighted by molar-refractivity contribution is 5.84. The summed E-state index contributed by atoms with van der Waals surface area (Å²) in [6.45, 7) is 5.97. The first-order chi connectivity index (χ1) is 12.6. The number of aromatic carboxylic acids is 1.